The van der Waals surface area contributed by atoms with Gasteiger partial charge < -0.3 is 4.74 Å². The van der Waals surface area contributed by atoms with Crippen molar-refractivity contribution in [3.63, 3.8) is 0 Å². The maximum atomic E-state index is 12.9. The molecule has 0 bridgehead atoms. The van der Waals surface area contributed by atoms with Gasteiger partial charge in [0.2, 0.25) is 0 Å². The van der Waals surface area contributed by atoms with Crippen molar-refractivity contribution in [3.05, 3.63) is 34.9 Å². The van der Waals surface area contributed by atoms with Gasteiger partial charge in [0.1, 0.15) is 0 Å². The van der Waals surface area contributed by atoms with E-state index in [1.54, 1.807) is 6.07 Å². The van der Waals surface area contributed by atoms with Gasteiger partial charge in [-0.1, -0.05) is 12.1 Å². The van der Waals surface area contributed by atoms with Crippen LogP contribution in [0.5, 0.6) is 0 Å². The highest BCUT2D eigenvalue weighted by atomic mass is 19.4. The Bertz CT molecular complexity index is 473. The van der Waals surface area contributed by atoms with E-state index in [0.29, 0.717) is 24.0 Å². The smallest absolute Gasteiger partial charge is 0.376 e. The van der Waals surface area contributed by atoms with E-state index in [4.69, 9.17) is 4.74 Å². The molecule has 0 amide bonds. The first-order chi connectivity index (χ1) is 9.75. The van der Waals surface area contributed by atoms with Gasteiger partial charge in [0.05, 0.1) is 17.8 Å². The Hall–Kier alpha value is -1.03. The van der Waals surface area contributed by atoms with Crippen molar-refractivity contribution in [2.75, 3.05) is 0 Å². The minimum Gasteiger partial charge on any atom is -0.376 e. The van der Waals surface area contributed by atoms with E-state index in [2.05, 4.69) is 0 Å². The third-order valence-corrected chi connectivity index (χ3v) is 4.11. The SMILES string of the molecule is Cc1ccc(CCC2CC(OC(C)C)C2)cc1C(F)(F)F. The lowest BCUT2D eigenvalue weighted by molar-refractivity contribution is -0.138. The van der Waals surface area contributed by atoms with Gasteiger partial charge in [0.25, 0.3) is 0 Å². The zero-order valence-corrected chi connectivity index (χ0v) is 12.8. The molecule has 1 nitrogen and oxygen atoms in total. The summed E-state index contributed by atoms with van der Waals surface area (Å²) in [6.45, 7) is 5.56. The van der Waals surface area contributed by atoms with Crippen LogP contribution in [0.2, 0.25) is 0 Å². The van der Waals surface area contributed by atoms with Crippen LogP contribution >= 0.6 is 0 Å². The Balaban J connectivity index is 1.85. The molecule has 4 heteroatoms. The van der Waals surface area contributed by atoms with E-state index in [-0.39, 0.29) is 6.10 Å². The minimum absolute atomic E-state index is 0.252. The van der Waals surface area contributed by atoms with E-state index in [1.807, 2.05) is 19.9 Å². The second-order valence-electron chi connectivity index (χ2n) is 6.33. The Morgan fingerprint density at radius 1 is 1.24 bits per heavy atom. The molecule has 1 aliphatic rings. The van der Waals surface area contributed by atoms with Crippen LogP contribution in [0.3, 0.4) is 0 Å². The van der Waals surface area contributed by atoms with Crippen molar-refractivity contribution < 1.29 is 17.9 Å². The van der Waals surface area contributed by atoms with E-state index in [1.165, 1.54) is 13.0 Å². The van der Waals surface area contributed by atoms with E-state index < -0.39 is 11.7 Å². The van der Waals surface area contributed by atoms with Crippen molar-refractivity contribution >= 4 is 0 Å². The molecule has 1 aliphatic carbocycles. The van der Waals surface area contributed by atoms with Crippen LogP contribution in [0.1, 0.15) is 49.8 Å². The van der Waals surface area contributed by atoms with Crippen LogP contribution in [0, 0.1) is 12.8 Å². The number of hydrogen-bond donors (Lipinski definition) is 0. The monoisotopic (exact) mass is 300 g/mol. The van der Waals surface area contributed by atoms with Crippen LogP contribution < -0.4 is 0 Å². The molecule has 0 heterocycles. The third kappa shape index (κ3) is 4.47. The summed E-state index contributed by atoms with van der Waals surface area (Å²) in [5, 5.41) is 0. The predicted molar refractivity (Wildman–Crippen MR) is 77.2 cm³/mol. The largest absolute Gasteiger partial charge is 0.416 e. The highest BCUT2D eigenvalue weighted by Gasteiger charge is 2.33. The van der Waals surface area contributed by atoms with Crippen molar-refractivity contribution in [2.45, 2.75) is 64.8 Å². The highest BCUT2D eigenvalue weighted by molar-refractivity contribution is 5.33. The number of alkyl halides is 3. The summed E-state index contributed by atoms with van der Waals surface area (Å²) in [4.78, 5) is 0. The molecule has 0 saturated heterocycles. The molecule has 118 valence electrons. The topological polar surface area (TPSA) is 9.23 Å². The predicted octanol–water partition coefficient (Wildman–Crippen LogP) is 5.15. The number of benzene rings is 1. The number of ether oxygens (including phenoxy) is 1. The molecular formula is C17H23F3O. The molecule has 0 atom stereocenters. The quantitative estimate of drug-likeness (QED) is 0.730. The van der Waals surface area contributed by atoms with E-state index in [9.17, 15) is 13.2 Å². The summed E-state index contributed by atoms with van der Waals surface area (Å²) >= 11 is 0. The van der Waals surface area contributed by atoms with Gasteiger partial charge in [0, 0.05) is 0 Å². The van der Waals surface area contributed by atoms with E-state index in [0.717, 1.165) is 24.8 Å². The van der Waals surface area contributed by atoms with Gasteiger partial charge in [-0.3, -0.25) is 0 Å². The average molecular weight is 300 g/mol. The molecule has 0 unspecified atom stereocenters. The molecule has 0 aliphatic heterocycles. The fourth-order valence-electron chi connectivity index (χ4n) is 2.91. The summed E-state index contributed by atoms with van der Waals surface area (Å²) < 4.78 is 44.3. The standard InChI is InChI=1S/C17H23F3O/c1-11(2)21-15-8-14(9-15)7-6-13-5-4-12(3)16(10-13)17(18,19)20/h4-5,10-11,14-15H,6-9H2,1-3H3. The maximum absolute atomic E-state index is 12.9. The third-order valence-electron chi connectivity index (χ3n) is 4.11. The van der Waals surface area contributed by atoms with Gasteiger partial charge >= 0.3 is 6.18 Å². The Morgan fingerprint density at radius 3 is 2.48 bits per heavy atom. The summed E-state index contributed by atoms with van der Waals surface area (Å²) in [6, 6.07) is 4.69. The molecule has 0 N–H and O–H groups in total. The summed E-state index contributed by atoms with van der Waals surface area (Å²) in [5.74, 6) is 0.587. The van der Waals surface area contributed by atoms with Gasteiger partial charge in [-0.05, 0) is 69.6 Å². The molecule has 0 spiro atoms. The zero-order valence-electron chi connectivity index (χ0n) is 12.8. The van der Waals surface area contributed by atoms with Crippen molar-refractivity contribution in [2.24, 2.45) is 5.92 Å². The fraction of sp³-hybridized carbons (Fsp3) is 0.647. The molecule has 21 heavy (non-hydrogen) atoms. The first-order valence-electron chi connectivity index (χ1n) is 7.58. The van der Waals surface area contributed by atoms with Crippen LogP contribution in [0.4, 0.5) is 13.2 Å². The molecule has 1 saturated carbocycles. The Morgan fingerprint density at radius 2 is 1.90 bits per heavy atom. The number of hydrogen-bond acceptors (Lipinski definition) is 1. The summed E-state index contributed by atoms with van der Waals surface area (Å²) in [5.41, 5.74) is 0.566. The van der Waals surface area contributed by atoms with Gasteiger partial charge in [-0.15, -0.1) is 0 Å². The highest BCUT2D eigenvalue weighted by Crippen LogP contribution is 2.36. The molecule has 2 rings (SSSR count). The second kappa shape index (κ2) is 6.39. The van der Waals surface area contributed by atoms with E-state index >= 15 is 0 Å². The molecule has 1 fully saturated rings. The first-order valence-corrected chi connectivity index (χ1v) is 7.58. The zero-order chi connectivity index (χ0) is 15.6. The average Bonchev–Trinajstić information content (AvgIpc) is 2.31. The van der Waals surface area contributed by atoms with Crippen molar-refractivity contribution in [1.29, 1.82) is 0 Å². The molecule has 1 aromatic rings. The lowest BCUT2D eigenvalue weighted by Crippen LogP contribution is -2.33. The van der Waals surface area contributed by atoms with Crippen LogP contribution in [-0.2, 0) is 17.3 Å². The Kier molecular flexibility index (Phi) is 4.97. The second-order valence-corrected chi connectivity index (χ2v) is 6.33. The summed E-state index contributed by atoms with van der Waals surface area (Å²) in [7, 11) is 0. The number of rotatable bonds is 5. The fourth-order valence-corrected chi connectivity index (χ4v) is 2.91. The molecular weight excluding hydrogens is 277 g/mol. The van der Waals surface area contributed by atoms with Gasteiger partial charge in [-0.25, -0.2) is 0 Å². The van der Waals surface area contributed by atoms with Crippen LogP contribution in [0.15, 0.2) is 18.2 Å². The van der Waals surface area contributed by atoms with Gasteiger partial charge in [-0.2, -0.15) is 13.2 Å². The van der Waals surface area contributed by atoms with Crippen molar-refractivity contribution in [3.8, 4) is 0 Å². The summed E-state index contributed by atoms with van der Waals surface area (Å²) in [6.07, 6.45) is 0.0703. The normalized spacial score (nSPS) is 22.4. The molecule has 1 aromatic carbocycles. The number of halogens is 3. The van der Waals surface area contributed by atoms with Gasteiger partial charge in [0.15, 0.2) is 0 Å². The minimum atomic E-state index is -4.26. The lowest BCUT2D eigenvalue weighted by atomic mass is 9.78. The maximum Gasteiger partial charge on any atom is 0.416 e. The molecule has 0 radical (unpaired) electrons. The number of aryl methyl sites for hydroxylation is 2. The molecule has 0 aromatic heterocycles. The van der Waals surface area contributed by atoms with Crippen LogP contribution in [-0.4, -0.2) is 12.2 Å². The van der Waals surface area contributed by atoms with Crippen LogP contribution in [0.25, 0.3) is 0 Å². The Labute approximate surface area is 124 Å². The van der Waals surface area contributed by atoms with Crippen molar-refractivity contribution in [1.82, 2.24) is 0 Å². The lowest BCUT2D eigenvalue weighted by Gasteiger charge is -2.36. The first kappa shape index (κ1) is 16.3.